The summed E-state index contributed by atoms with van der Waals surface area (Å²) < 4.78 is 10.7. The van der Waals surface area contributed by atoms with E-state index in [-0.39, 0.29) is 28.7 Å². The van der Waals surface area contributed by atoms with Gasteiger partial charge in [-0.1, -0.05) is 90.1 Å². The Balaban J connectivity index is 1.44. The lowest BCUT2D eigenvalue weighted by atomic mass is 9.76. The van der Waals surface area contributed by atoms with Crippen LogP contribution >= 0.6 is 0 Å². The van der Waals surface area contributed by atoms with Gasteiger partial charge < -0.3 is 9.47 Å². The summed E-state index contributed by atoms with van der Waals surface area (Å²) in [6, 6.07) is 16.7. The van der Waals surface area contributed by atoms with E-state index in [1.165, 1.54) is 0 Å². The Labute approximate surface area is 249 Å². The Morgan fingerprint density at radius 1 is 0.738 bits per heavy atom. The maximum absolute atomic E-state index is 12.7. The Hall–Kier alpha value is -3.87. The van der Waals surface area contributed by atoms with Crippen molar-refractivity contribution in [1.82, 2.24) is 0 Å². The molecule has 0 saturated heterocycles. The lowest BCUT2D eigenvalue weighted by Crippen LogP contribution is -2.36. The van der Waals surface area contributed by atoms with Crippen molar-refractivity contribution in [3.8, 4) is 11.1 Å². The quantitative estimate of drug-likeness (QED) is 0.299. The van der Waals surface area contributed by atoms with Crippen molar-refractivity contribution in [1.29, 1.82) is 0 Å². The summed E-state index contributed by atoms with van der Waals surface area (Å²) in [6.45, 7) is 16.9. The van der Waals surface area contributed by atoms with Gasteiger partial charge >= 0.3 is 11.9 Å². The maximum atomic E-state index is 12.7. The minimum Gasteiger partial charge on any atom is -0.465 e. The number of rotatable bonds is 9. The molecule has 0 fully saturated rings. The van der Waals surface area contributed by atoms with Crippen LogP contribution in [0.5, 0.6) is 0 Å². The molecule has 7 nitrogen and oxygen atoms in total. The summed E-state index contributed by atoms with van der Waals surface area (Å²) >= 11 is 0. The molecule has 0 saturated carbocycles. The van der Waals surface area contributed by atoms with Crippen LogP contribution in [0.3, 0.4) is 0 Å². The molecule has 2 aliphatic heterocycles. The molecule has 2 aromatic carbocycles. The number of aliphatic imine (C=N–C) groups is 3. The van der Waals surface area contributed by atoms with E-state index >= 15 is 0 Å². The van der Waals surface area contributed by atoms with Gasteiger partial charge in [-0.25, -0.2) is 4.99 Å². The third kappa shape index (κ3) is 6.94. The van der Waals surface area contributed by atoms with Gasteiger partial charge in [0.15, 0.2) is 0 Å². The molecule has 7 heteroatoms. The topological polar surface area (TPSA) is 89.7 Å². The zero-order valence-electron chi connectivity index (χ0n) is 26.2. The lowest BCUT2D eigenvalue weighted by molar-refractivity contribution is -0.149. The Kier molecular flexibility index (Phi) is 9.29. The highest BCUT2D eigenvalue weighted by Crippen LogP contribution is 2.36. The molecule has 2 aromatic rings. The zero-order chi connectivity index (χ0) is 30.7. The number of hydrogen-bond acceptors (Lipinski definition) is 7. The fourth-order valence-electron chi connectivity index (χ4n) is 5.50. The van der Waals surface area contributed by atoms with E-state index in [2.05, 4.69) is 58.5 Å². The van der Waals surface area contributed by atoms with Gasteiger partial charge in [-0.05, 0) is 52.5 Å². The summed E-state index contributed by atoms with van der Waals surface area (Å²) in [7, 11) is 0. The standard InChI is InChI=1S/C35H43N3O4/c1-9-41-32(39)29(34(3,4)5)27-19-26(20-36-27)24-13-11-22(12-14-24)23-15-17-25(18-16-23)28-21-37-31(38-28)30(35(6,7)8)33(40)42-10-2/h11-18,20,29-30H,9-10,19,21H2,1-8H3. The molecular formula is C35H43N3O4. The fourth-order valence-corrected chi connectivity index (χ4v) is 5.50. The summed E-state index contributed by atoms with van der Waals surface area (Å²) in [5.41, 5.74) is 6.44. The highest BCUT2D eigenvalue weighted by atomic mass is 16.5. The Morgan fingerprint density at radius 3 is 1.71 bits per heavy atom. The van der Waals surface area contributed by atoms with Crippen LogP contribution in [0.15, 0.2) is 69.7 Å². The first kappa shape index (κ1) is 31.1. The molecule has 0 N–H and O–H groups in total. The molecule has 4 rings (SSSR count). The van der Waals surface area contributed by atoms with Crippen molar-refractivity contribution >= 4 is 34.8 Å². The number of ether oxygens (including phenoxy) is 2. The fraction of sp³-hybridized carbons (Fsp3) is 0.457. The number of allylic oxidation sites excluding steroid dienone is 1. The third-order valence-corrected chi connectivity index (χ3v) is 7.57. The van der Waals surface area contributed by atoms with Gasteiger partial charge in [-0.2, -0.15) is 0 Å². The molecule has 2 heterocycles. The van der Waals surface area contributed by atoms with Crippen LogP contribution in [-0.4, -0.2) is 49.0 Å². The molecule has 42 heavy (non-hydrogen) atoms. The van der Waals surface area contributed by atoms with Crippen molar-refractivity contribution in [3.63, 3.8) is 0 Å². The highest BCUT2D eigenvalue weighted by Gasteiger charge is 2.39. The number of benzene rings is 2. The first-order chi connectivity index (χ1) is 19.8. The number of hydrogen-bond donors (Lipinski definition) is 0. The molecule has 0 aliphatic carbocycles. The lowest BCUT2D eigenvalue weighted by Gasteiger charge is -2.29. The summed E-state index contributed by atoms with van der Waals surface area (Å²) in [6.07, 6.45) is 2.51. The normalized spacial score (nSPS) is 16.7. The number of amidine groups is 1. The second kappa shape index (κ2) is 12.6. The minimum absolute atomic E-state index is 0.212. The summed E-state index contributed by atoms with van der Waals surface area (Å²) in [5.74, 6) is -0.832. The summed E-state index contributed by atoms with van der Waals surface area (Å²) in [4.78, 5) is 39.4. The van der Waals surface area contributed by atoms with Crippen LogP contribution in [0.4, 0.5) is 0 Å². The first-order valence-electron chi connectivity index (χ1n) is 14.8. The van der Waals surface area contributed by atoms with Crippen LogP contribution in [0.1, 0.15) is 72.9 Å². The smallest absolute Gasteiger partial charge is 0.317 e. The number of carbonyl (C=O) groups excluding carboxylic acids is 2. The molecule has 222 valence electrons. The molecule has 0 aromatic heterocycles. The van der Waals surface area contributed by atoms with Crippen molar-refractivity contribution < 1.29 is 19.1 Å². The van der Waals surface area contributed by atoms with Crippen molar-refractivity contribution in [2.45, 2.75) is 61.8 Å². The zero-order valence-corrected chi connectivity index (χ0v) is 26.2. The SMILES string of the molecule is CCOC(=O)C(C1=NC=C(c2ccc(-c3ccc(C4=NC(C(C(=O)OCC)C(C)(C)C)=NC4)cc3)cc2)C1)C(C)(C)C. The molecule has 0 bridgehead atoms. The molecule has 2 aliphatic rings. The molecule has 0 radical (unpaired) electrons. The van der Waals surface area contributed by atoms with Crippen LogP contribution in [0, 0.1) is 22.7 Å². The molecule has 2 unspecified atom stereocenters. The second-order valence-corrected chi connectivity index (χ2v) is 12.9. The highest BCUT2D eigenvalue weighted by molar-refractivity contribution is 6.16. The van der Waals surface area contributed by atoms with Crippen LogP contribution in [-0.2, 0) is 19.1 Å². The average Bonchev–Trinajstić information content (AvgIpc) is 3.58. The van der Waals surface area contributed by atoms with Gasteiger partial charge in [0.25, 0.3) is 0 Å². The number of carbonyl (C=O) groups is 2. The molecule has 2 atom stereocenters. The average molecular weight is 570 g/mol. The van der Waals surface area contributed by atoms with Crippen molar-refractivity contribution in [2.75, 3.05) is 19.8 Å². The summed E-state index contributed by atoms with van der Waals surface area (Å²) in [5, 5.41) is 0. The number of esters is 2. The van der Waals surface area contributed by atoms with Gasteiger partial charge in [0, 0.05) is 18.3 Å². The number of nitrogens with zero attached hydrogens (tertiary/aromatic N) is 3. The van der Waals surface area contributed by atoms with E-state index in [0.29, 0.717) is 32.0 Å². The van der Waals surface area contributed by atoms with Gasteiger partial charge in [0.1, 0.15) is 17.7 Å². The van der Waals surface area contributed by atoms with Crippen LogP contribution in [0.2, 0.25) is 0 Å². The van der Waals surface area contributed by atoms with Gasteiger partial charge in [-0.15, -0.1) is 0 Å². The molecular weight excluding hydrogens is 526 g/mol. The van der Waals surface area contributed by atoms with E-state index < -0.39 is 5.92 Å². The molecule has 0 spiro atoms. The van der Waals surface area contributed by atoms with Gasteiger partial charge in [-0.3, -0.25) is 19.6 Å². The van der Waals surface area contributed by atoms with Crippen molar-refractivity contribution in [3.05, 3.63) is 65.9 Å². The van der Waals surface area contributed by atoms with E-state index in [4.69, 9.17) is 14.5 Å². The maximum Gasteiger partial charge on any atom is 0.317 e. The van der Waals surface area contributed by atoms with Crippen LogP contribution in [0.25, 0.3) is 16.7 Å². The Morgan fingerprint density at radius 2 is 1.21 bits per heavy atom. The van der Waals surface area contributed by atoms with E-state index in [0.717, 1.165) is 39.3 Å². The second-order valence-electron chi connectivity index (χ2n) is 12.9. The van der Waals surface area contributed by atoms with Gasteiger partial charge in [0.05, 0.1) is 25.5 Å². The molecule has 0 amide bonds. The predicted octanol–water partition coefficient (Wildman–Crippen LogP) is 7.19. The van der Waals surface area contributed by atoms with Crippen LogP contribution < -0.4 is 0 Å². The monoisotopic (exact) mass is 569 g/mol. The Bertz CT molecular complexity index is 1430. The van der Waals surface area contributed by atoms with Gasteiger partial charge in [0.2, 0.25) is 0 Å². The minimum atomic E-state index is -0.506. The van der Waals surface area contributed by atoms with E-state index in [9.17, 15) is 9.59 Å². The van der Waals surface area contributed by atoms with E-state index in [1.807, 2.05) is 61.6 Å². The van der Waals surface area contributed by atoms with Crippen molar-refractivity contribution in [2.24, 2.45) is 37.6 Å². The van der Waals surface area contributed by atoms with E-state index in [1.54, 1.807) is 0 Å². The largest absolute Gasteiger partial charge is 0.465 e. The predicted molar refractivity (Wildman–Crippen MR) is 170 cm³/mol. The third-order valence-electron chi connectivity index (χ3n) is 7.57. The first-order valence-corrected chi connectivity index (χ1v) is 14.8.